The molecule has 0 bridgehead atoms. The lowest BCUT2D eigenvalue weighted by molar-refractivity contribution is 1.13. The van der Waals surface area contributed by atoms with Gasteiger partial charge in [0.15, 0.2) is 0 Å². The van der Waals surface area contributed by atoms with Crippen LogP contribution in [0.3, 0.4) is 0 Å². The summed E-state index contributed by atoms with van der Waals surface area (Å²) < 4.78 is 0. The second-order valence-electron chi connectivity index (χ2n) is 3.51. The summed E-state index contributed by atoms with van der Waals surface area (Å²) >= 11 is 1.47. The highest BCUT2D eigenvalue weighted by Gasteiger charge is 2.05. The highest BCUT2D eigenvalue weighted by Crippen LogP contribution is 2.28. The Hall–Kier alpha value is -1.55. The van der Waals surface area contributed by atoms with E-state index in [1.54, 1.807) is 5.51 Å². The Labute approximate surface area is 93.2 Å². The summed E-state index contributed by atoms with van der Waals surface area (Å²) in [5.74, 6) is 0. The molecule has 0 atom stereocenters. The lowest BCUT2D eigenvalue weighted by Crippen LogP contribution is -2.07. The fourth-order valence-electron chi connectivity index (χ4n) is 1.39. The van der Waals surface area contributed by atoms with Crippen LogP contribution in [-0.2, 0) is 0 Å². The van der Waals surface area contributed by atoms with Gasteiger partial charge in [0.25, 0.3) is 0 Å². The molecular weight excluding hydrogens is 206 g/mol. The Kier molecular flexibility index (Phi) is 2.60. The highest BCUT2D eigenvalue weighted by atomic mass is 32.1. The van der Waals surface area contributed by atoms with E-state index in [0.29, 0.717) is 0 Å². The number of thiazole rings is 1. The zero-order valence-corrected chi connectivity index (χ0v) is 9.58. The minimum atomic E-state index is 0.771. The van der Waals surface area contributed by atoms with Gasteiger partial charge in [0.2, 0.25) is 0 Å². The van der Waals surface area contributed by atoms with Gasteiger partial charge in [-0.1, -0.05) is 12.1 Å². The molecule has 0 spiro atoms. The maximum atomic E-state index is 5.82. The maximum absolute atomic E-state index is 5.82. The van der Waals surface area contributed by atoms with Gasteiger partial charge in [-0.15, -0.1) is 11.3 Å². The number of hydrogen-bond donors (Lipinski definition) is 1. The van der Waals surface area contributed by atoms with Crippen molar-refractivity contribution in [3.8, 4) is 11.3 Å². The zero-order valence-electron chi connectivity index (χ0n) is 8.77. The SMILES string of the molecule is CN(C)c1ccc(-c2ncsc2N)cc1. The molecule has 1 aromatic carbocycles. The average Bonchev–Trinajstić information content (AvgIpc) is 2.65. The molecule has 0 unspecified atom stereocenters. The number of benzene rings is 1. The first kappa shape index (κ1) is 9.98. The summed E-state index contributed by atoms with van der Waals surface area (Å²) in [4.78, 5) is 6.30. The average molecular weight is 219 g/mol. The van der Waals surface area contributed by atoms with Gasteiger partial charge in [-0.05, 0) is 12.1 Å². The molecule has 0 saturated heterocycles. The molecule has 0 fully saturated rings. The number of nitrogens with two attached hydrogens (primary N) is 1. The minimum absolute atomic E-state index is 0.771. The van der Waals surface area contributed by atoms with Crippen LogP contribution < -0.4 is 10.6 Å². The summed E-state index contributed by atoms with van der Waals surface area (Å²) in [7, 11) is 4.04. The Balaban J connectivity index is 2.36. The minimum Gasteiger partial charge on any atom is -0.389 e. The van der Waals surface area contributed by atoms with E-state index in [1.165, 1.54) is 17.0 Å². The predicted molar refractivity (Wildman–Crippen MR) is 66.3 cm³/mol. The molecule has 15 heavy (non-hydrogen) atoms. The second kappa shape index (κ2) is 3.90. The number of hydrogen-bond acceptors (Lipinski definition) is 4. The lowest BCUT2D eigenvalue weighted by atomic mass is 10.1. The third-order valence-electron chi connectivity index (χ3n) is 2.25. The highest BCUT2D eigenvalue weighted by molar-refractivity contribution is 7.14. The van der Waals surface area contributed by atoms with E-state index in [0.717, 1.165) is 16.3 Å². The predicted octanol–water partition coefficient (Wildman–Crippen LogP) is 2.46. The number of nitrogen functional groups attached to an aromatic ring is 1. The summed E-state index contributed by atoms with van der Waals surface area (Å²) in [6.45, 7) is 0. The Morgan fingerprint density at radius 3 is 2.33 bits per heavy atom. The number of anilines is 2. The van der Waals surface area contributed by atoms with E-state index in [4.69, 9.17) is 5.73 Å². The number of nitrogens with zero attached hydrogens (tertiary/aromatic N) is 2. The number of rotatable bonds is 2. The first-order valence-electron chi connectivity index (χ1n) is 4.65. The molecule has 0 aliphatic carbocycles. The topological polar surface area (TPSA) is 42.2 Å². The van der Waals surface area contributed by atoms with Crippen molar-refractivity contribution >= 4 is 22.0 Å². The van der Waals surface area contributed by atoms with Crippen LogP contribution in [0.1, 0.15) is 0 Å². The molecule has 0 aliphatic heterocycles. The fourth-order valence-corrected chi connectivity index (χ4v) is 1.94. The van der Waals surface area contributed by atoms with Crippen molar-refractivity contribution in [3.63, 3.8) is 0 Å². The molecular formula is C11H13N3S. The third-order valence-corrected chi connectivity index (χ3v) is 2.91. The molecule has 2 N–H and O–H groups in total. The van der Waals surface area contributed by atoms with Gasteiger partial charge >= 0.3 is 0 Å². The first-order valence-corrected chi connectivity index (χ1v) is 5.53. The molecule has 3 nitrogen and oxygen atoms in total. The monoisotopic (exact) mass is 219 g/mol. The summed E-state index contributed by atoms with van der Waals surface area (Å²) in [5, 5.41) is 0.771. The van der Waals surface area contributed by atoms with E-state index in [9.17, 15) is 0 Å². The van der Waals surface area contributed by atoms with Crippen molar-refractivity contribution < 1.29 is 0 Å². The molecule has 2 rings (SSSR count). The molecule has 1 aromatic heterocycles. The normalized spacial score (nSPS) is 10.3. The van der Waals surface area contributed by atoms with Crippen LogP contribution >= 0.6 is 11.3 Å². The van der Waals surface area contributed by atoms with Crippen LogP contribution in [-0.4, -0.2) is 19.1 Å². The van der Waals surface area contributed by atoms with Crippen molar-refractivity contribution in [1.82, 2.24) is 4.98 Å². The summed E-state index contributed by atoms with van der Waals surface area (Å²) in [6, 6.07) is 8.21. The number of aromatic nitrogens is 1. The van der Waals surface area contributed by atoms with Gasteiger partial charge in [-0.25, -0.2) is 4.98 Å². The van der Waals surface area contributed by atoms with Crippen LogP contribution in [0.15, 0.2) is 29.8 Å². The molecule has 2 aromatic rings. The third kappa shape index (κ3) is 1.94. The van der Waals surface area contributed by atoms with E-state index >= 15 is 0 Å². The van der Waals surface area contributed by atoms with Gasteiger partial charge in [-0.2, -0.15) is 0 Å². The molecule has 0 amide bonds. The van der Waals surface area contributed by atoms with Gasteiger partial charge in [0.1, 0.15) is 10.7 Å². The van der Waals surface area contributed by atoms with Gasteiger partial charge in [-0.3, -0.25) is 0 Å². The van der Waals surface area contributed by atoms with Crippen molar-refractivity contribution in [1.29, 1.82) is 0 Å². The maximum Gasteiger partial charge on any atom is 0.114 e. The molecule has 78 valence electrons. The summed E-state index contributed by atoms with van der Waals surface area (Å²) in [6.07, 6.45) is 0. The largest absolute Gasteiger partial charge is 0.389 e. The van der Waals surface area contributed by atoms with Crippen molar-refractivity contribution in [3.05, 3.63) is 29.8 Å². The van der Waals surface area contributed by atoms with Crippen LogP contribution in [0.2, 0.25) is 0 Å². The van der Waals surface area contributed by atoms with Crippen molar-refractivity contribution in [2.45, 2.75) is 0 Å². The fraction of sp³-hybridized carbons (Fsp3) is 0.182. The van der Waals surface area contributed by atoms with E-state index in [1.807, 2.05) is 26.2 Å². The van der Waals surface area contributed by atoms with Gasteiger partial charge in [0.05, 0.1) is 5.51 Å². The molecule has 0 saturated carbocycles. The van der Waals surface area contributed by atoms with Gasteiger partial charge in [0, 0.05) is 25.3 Å². The van der Waals surface area contributed by atoms with Crippen LogP contribution in [0.25, 0.3) is 11.3 Å². The van der Waals surface area contributed by atoms with Crippen LogP contribution in [0, 0.1) is 0 Å². The zero-order chi connectivity index (χ0) is 10.8. The van der Waals surface area contributed by atoms with E-state index in [-0.39, 0.29) is 0 Å². The first-order chi connectivity index (χ1) is 7.18. The molecule has 1 heterocycles. The van der Waals surface area contributed by atoms with Crippen LogP contribution in [0.4, 0.5) is 10.7 Å². The van der Waals surface area contributed by atoms with Crippen molar-refractivity contribution in [2.24, 2.45) is 0 Å². The molecule has 0 radical (unpaired) electrons. The molecule has 0 aliphatic rings. The Bertz CT molecular complexity index is 445. The smallest absolute Gasteiger partial charge is 0.114 e. The second-order valence-corrected chi connectivity index (χ2v) is 4.39. The van der Waals surface area contributed by atoms with Crippen LogP contribution in [0.5, 0.6) is 0 Å². The van der Waals surface area contributed by atoms with Crippen molar-refractivity contribution in [2.75, 3.05) is 24.7 Å². The Morgan fingerprint density at radius 2 is 1.87 bits per heavy atom. The lowest BCUT2D eigenvalue weighted by Gasteiger charge is -2.12. The van der Waals surface area contributed by atoms with E-state index < -0.39 is 0 Å². The van der Waals surface area contributed by atoms with Gasteiger partial charge < -0.3 is 10.6 Å². The van der Waals surface area contributed by atoms with E-state index in [2.05, 4.69) is 22.0 Å². The Morgan fingerprint density at radius 1 is 1.20 bits per heavy atom. The standard InChI is InChI=1S/C11H13N3S/c1-14(2)9-5-3-8(4-6-9)10-11(12)15-7-13-10/h3-7H,12H2,1-2H3. The summed E-state index contributed by atoms with van der Waals surface area (Å²) in [5.41, 5.74) is 10.7. The quantitative estimate of drug-likeness (QED) is 0.843. The molecule has 4 heteroatoms.